The van der Waals surface area contributed by atoms with Crippen LogP contribution in [-0.2, 0) is 11.2 Å². The summed E-state index contributed by atoms with van der Waals surface area (Å²) in [7, 11) is 1.72. The minimum absolute atomic E-state index is 0.119. The van der Waals surface area contributed by atoms with Gasteiger partial charge in [0, 0.05) is 25.7 Å². The number of benzene rings is 1. The van der Waals surface area contributed by atoms with Crippen molar-refractivity contribution in [3.8, 4) is 0 Å². The molecular formula is C15H25ClN2O. The van der Waals surface area contributed by atoms with E-state index >= 15 is 0 Å². The van der Waals surface area contributed by atoms with Gasteiger partial charge in [0.05, 0.1) is 17.3 Å². The SMILES string of the molecule is CCN(c1c(Cl)cccc1CC(C)N)C(C)COC. The summed E-state index contributed by atoms with van der Waals surface area (Å²) in [5.41, 5.74) is 8.23. The number of likely N-dealkylation sites (N-methyl/N-ethyl adjacent to an activating group) is 1. The summed E-state index contributed by atoms with van der Waals surface area (Å²) in [4.78, 5) is 2.28. The maximum atomic E-state index is 6.41. The van der Waals surface area contributed by atoms with Crippen molar-refractivity contribution >= 4 is 17.3 Å². The van der Waals surface area contributed by atoms with Gasteiger partial charge in [0.15, 0.2) is 0 Å². The molecule has 2 atom stereocenters. The first-order valence-corrected chi connectivity index (χ1v) is 7.17. The smallest absolute Gasteiger partial charge is 0.0663 e. The molecule has 108 valence electrons. The van der Waals surface area contributed by atoms with Gasteiger partial charge in [0.25, 0.3) is 0 Å². The van der Waals surface area contributed by atoms with Crippen LogP contribution in [-0.4, -0.2) is 32.3 Å². The number of ether oxygens (including phenoxy) is 1. The molecule has 0 heterocycles. The van der Waals surface area contributed by atoms with Crippen molar-refractivity contribution in [1.82, 2.24) is 0 Å². The van der Waals surface area contributed by atoms with Gasteiger partial charge in [0.2, 0.25) is 0 Å². The highest BCUT2D eigenvalue weighted by Crippen LogP contribution is 2.32. The van der Waals surface area contributed by atoms with Crippen LogP contribution in [0.3, 0.4) is 0 Å². The van der Waals surface area contributed by atoms with Crippen molar-refractivity contribution in [2.24, 2.45) is 5.73 Å². The number of para-hydroxylation sites is 1. The van der Waals surface area contributed by atoms with E-state index in [0.29, 0.717) is 6.61 Å². The van der Waals surface area contributed by atoms with Gasteiger partial charge in [-0.15, -0.1) is 0 Å². The second-order valence-electron chi connectivity index (χ2n) is 5.02. The van der Waals surface area contributed by atoms with E-state index in [1.54, 1.807) is 7.11 Å². The summed E-state index contributed by atoms with van der Waals surface area (Å²) in [6.45, 7) is 7.85. The van der Waals surface area contributed by atoms with Crippen LogP contribution in [0.2, 0.25) is 5.02 Å². The number of halogens is 1. The number of hydrogen-bond acceptors (Lipinski definition) is 3. The van der Waals surface area contributed by atoms with E-state index < -0.39 is 0 Å². The number of rotatable bonds is 7. The Morgan fingerprint density at radius 1 is 1.37 bits per heavy atom. The number of anilines is 1. The minimum Gasteiger partial charge on any atom is -0.383 e. The van der Waals surface area contributed by atoms with Crippen molar-refractivity contribution in [3.63, 3.8) is 0 Å². The Morgan fingerprint density at radius 2 is 2.05 bits per heavy atom. The number of hydrogen-bond donors (Lipinski definition) is 1. The van der Waals surface area contributed by atoms with Gasteiger partial charge >= 0.3 is 0 Å². The molecule has 0 aliphatic rings. The second-order valence-corrected chi connectivity index (χ2v) is 5.43. The van der Waals surface area contributed by atoms with Crippen LogP contribution in [0.15, 0.2) is 18.2 Å². The molecule has 0 fully saturated rings. The molecule has 0 amide bonds. The Bertz CT molecular complexity index is 396. The van der Waals surface area contributed by atoms with Crippen LogP contribution in [0.4, 0.5) is 5.69 Å². The molecule has 0 saturated heterocycles. The minimum atomic E-state index is 0.119. The third-order valence-corrected chi connectivity index (χ3v) is 3.49. The number of nitrogens with zero attached hydrogens (tertiary/aromatic N) is 1. The summed E-state index contributed by atoms with van der Waals surface area (Å²) in [6, 6.07) is 6.42. The lowest BCUT2D eigenvalue weighted by molar-refractivity contribution is 0.182. The van der Waals surface area contributed by atoms with Crippen molar-refractivity contribution < 1.29 is 4.74 Å². The van der Waals surface area contributed by atoms with E-state index in [2.05, 4.69) is 24.8 Å². The molecule has 0 radical (unpaired) electrons. The molecule has 2 unspecified atom stereocenters. The Kier molecular flexibility index (Phi) is 6.63. The van der Waals surface area contributed by atoms with Gasteiger partial charge in [-0.2, -0.15) is 0 Å². The van der Waals surface area contributed by atoms with Crippen LogP contribution >= 0.6 is 11.6 Å². The molecule has 0 aliphatic heterocycles. The Balaban J connectivity index is 3.13. The predicted octanol–water partition coefficient (Wildman–Crippen LogP) is 3.09. The van der Waals surface area contributed by atoms with Gasteiger partial charge in [-0.05, 0) is 38.8 Å². The topological polar surface area (TPSA) is 38.5 Å². The van der Waals surface area contributed by atoms with Crippen molar-refractivity contribution in [3.05, 3.63) is 28.8 Å². The Labute approximate surface area is 121 Å². The van der Waals surface area contributed by atoms with Gasteiger partial charge in [-0.3, -0.25) is 0 Å². The monoisotopic (exact) mass is 284 g/mol. The van der Waals surface area contributed by atoms with Gasteiger partial charge in [-0.1, -0.05) is 23.7 Å². The largest absolute Gasteiger partial charge is 0.383 e. The molecule has 4 heteroatoms. The molecule has 1 aromatic carbocycles. The molecule has 0 bridgehead atoms. The lowest BCUT2D eigenvalue weighted by atomic mass is 10.0. The molecule has 2 N–H and O–H groups in total. The van der Waals surface area contributed by atoms with E-state index in [1.807, 2.05) is 19.1 Å². The summed E-state index contributed by atoms with van der Waals surface area (Å²) in [5.74, 6) is 0. The highest BCUT2D eigenvalue weighted by molar-refractivity contribution is 6.33. The summed E-state index contributed by atoms with van der Waals surface area (Å²) in [5, 5.41) is 0.781. The first-order valence-electron chi connectivity index (χ1n) is 6.79. The molecule has 3 nitrogen and oxygen atoms in total. The molecule has 0 aromatic heterocycles. The molecule has 1 rings (SSSR count). The molecular weight excluding hydrogens is 260 g/mol. The van der Waals surface area contributed by atoms with Crippen LogP contribution in [0, 0.1) is 0 Å². The van der Waals surface area contributed by atoms with Crippen molar-refractivity contribution in [1.29, 1.82) is 0 Å². The fourth-order valence-electron chi connectivity index (χ4n) is 2.41. The molecule has 1 aromatic rings. The first-order chi connectivity index (χ1) is 9.01. The summed E-state index contributed by atoms with van der Waals surface area (Å²) < 4.78 is 5.26. The Morgan fingerprint density at radius 3 is 2.58 bits per heavy atom. The predicted molar refractivity (Wildman–Crippen MR) is 83.2 cm³/mol. The zero-order valence-corrected chi connectivity index (χ0v) is 13.1. The van der Waals surface area contributed by atoms with Gasteiger partial charge in [-0.25, -0.2) is 0 Å². The van der Waals surface area contributed by atoms with Crippen molar-refractivity contribution in [2.45, 2.75) is 39.3 Å². The van der Waals surface area contributed by atoms with E-state index in [9.17, 15) is 0 Å². The van der Waals surface area contributed by atoms with E-state index in [4.69, 9.17) is 22.1 Å². The van der Waals surface area contributed by atoms with Crippen LogP contribution in [0.5, 0.6) is 0 Å². The molecule has 0 saturated carbocycles. The van der Waals surface area contributed by atoms with Crippen LogP contribution < -0.4 is 10.6 Å². The third-order valence-electron chi connectivity index (χ3n) is 3.18. The van der Waals surface area contributed by atoms with E-state index in [0.717, 1.165) is 23.7 Å². The molecule has 0 spiro atoms. The zero-order valence-electron chi connectivity index (χ0n) is 12.3. The lowest BCUT2D eigenvalue weighted by Crippen LogP contribution is -2.37. The zero-order chi connectivity index (χ0) is 14.4. The summed E-state index contributed by atoms with van der Waals surface area (Å²) >= 11 is 6.41. The quantitative estimate of drug-likeness (QED) is 0.836. The Hall–Kier alpha value is -0.770. The summed E-state index contributed by atoms with van der Waals surface area (Å²) in [6.07, 6.45) is 0.825. The highest BCUT2D eigenvalue weighted by atomic mass is 35.5. The highest BCUT2D eigenvalue weighted by Gasteiger charge is 2.19. The fourth-order valence-corrected chi connectivity index (χ4v) is 2.72. The van der Waals surface area contributed by atoms with Crippen LogP contribution in [0.25, 0.3) is 0 Å². The van der Waals surface area contributed by atoms with Crippen molar-refractivity contribution in [2.75, 3.05) is 25.2 Å². The standard InChI is InChI=1S/C15H25ClN2O/c1-5-18(12(3)10-19-4)15-13(9-11(2)17)7-6-8-14(15)16/h6-8,11-12H,5,9-10,17H2,1-4H3. The third kappa shape index (κ3) is 4.37. The van der Waals surface area contributed by atoms with Gasteiger partial charge in [0.1, 0.15) is 0 Å². The van der Waals surface area contributed by atoms with E-state index in [1.165, 1.54) is 5.56 Å². The molecule has 19 heavy (non-hydrogen) atoms. The first kappa shape index (κ1) is 16.3. The average molecular weight is 285 g/mol. The lowest BCUT2D eigenvalue weighted by Gasteiger charge is -2.32. The van der Waals surface area contributed by atoms with Gasteiger partial charge < -0.3 is 15.4 Å². The number of methoxy groups -OCH3 is 1. The number of nitrogens with two attached hydrogens (primary N) is 1. The molecule has 0 aliphatic carbocycles. The van der Waals surface area contributed by atoms with Crippen LogP contribution in [0.1, 0.15) is 26.3 Å². The normalized spacial score (nSPS) is 14.2. The van der Waals surface area contributed by atoms with E-state index in [-0.39, 0.29) is 12.1 Å². The fraction of sp³-hybridized carbons (Fsp3) is 0.600. The second kappa shape index (κ2) is 7.73. The maximum absolute atomic E-state index is 6.41. The average Bonchev–Trinajstić information content (AvgIpc) is 2.33. The maximum Gasteiger partial charge on any atom is 0.0663 e.